The molecule has 0 fully saturated rings. The molecule has 0 radical (unpaired) electrons. The average molecular weight is 1330 g/mol. The summed E-state index contributed by atoms with van der Waals surface area (Å²) < 4.78 is 99.4. The van der Waals surface area contributed by atoms with E-state index in [0.29, 0.717) is 44.0 Å². The molecule has 0 aliphatic carbocycles. The summed E-state index contributed by atoms with van der Waals surface area (Å²) in [7, 11) is 0. The van der Waals surface area contributed by atoms with Crippen LogP contribution in [-0.4, -0.2) is 13.4 Å². The third kappa shape index (κ3) is 10.1. The highest BCUT2D eigenvalue weighted by Gasteiger charge is 2.53. The summed E-state index contributed by atoms with van der Waals surface area (Å²) in [5.41, 5.74) is 15.9. The highest BCUT2D eigenvalue weighted by molar-refractivity contribution is 8.00. The highest BCUT2D eigenvalue weighted by atomic mass is 32.2. The molecule has 14 aromatic rings. The third-order valence-corrected chi connectivity index (χ3v) is 20.8. The number of hydrogen-bond donors (Lipinski definition) is 0. The lowest BCUT2D eigenvalue weighted by Gasteiger charge is -2.47. The van der Waals surface area contributed by atoms with Crippen molar-refractivity contribution in [3.63, 3.8) is 0 Å². The van der Waals surface area contributed by atoms with Crippen molar-refractivity contribution in [3.8, 4) is 22.3 Å². The molecule has 0 saturated carbocycles. The summed E-state index contributed by atoms with van der Waals surface area (Å²) >= 11 is 1.10. The zero-order valence-corrected chi connectivity index (χ0v) is 54.1. The smallest absolute Gasteiger partial charge is 0.311 e. The molecule has 14 heteroatoms. The van der Waals surface area contributed by atoms with Crippen LogP contribution in [0.3, 0.4) is 0 Å². The van der Waals surface area contributed by atoms with Crippen molar-refractivity contribution in [1.82, 2.24) is 0 Å². The first kappa shape index (κ1) is 60.5. The fourth-order valence-corrected chi connectivity index (χ4v) is 16.8. The molecule has 0 N–H and O–H groups in total. The normalized spacial score (nSPS) is 13.2. The molecule has 100 heavy (non-hydrogen) atoms. The molecular weight excluding hydrogens is 1270 g/mol. The van der Waals surface area contributed by atoms with E-state index in [2.05, 4.69) is 123 Å². The molecule has 4 heterocycles. The van der Waals surface area contributed by atoms with Gasteiger partial charge in [0.2, 0.25) is 6.71 Å². The van der Waals surface area contributed by atoms with E-state index >= 15 is 13.2 Å². The highest BCUT2D eigenvalue weighted by Crippen LogP contribution is 2.55. The molecule has 0 atom stereocenters. The van der Waals surface area contributed by atoms with Gasteiger partial charge < -0.3 is 24.5 Å². The SMILES string of the molecule is FC(F)(F)c1ccc(N2c3cc(N(c4ccccc4)c4ccccc4)cc4c3B(c3ccccc3N4c3ccccc3)c3cc4c(c(C(F)(F)F)c32)Sc2cc(N(c3ccc(-c5ccccc5)cc3)c3ccc(-c5ccccc5)cc3)cc3c2B4c2ccccc2N3c2ccccc2)cc1. The maximum Gasteiger partial charge on any atom is 0.419 e. The van der Waals surface area contributed by atoms with Crippen LogP contribution in [0.4, 0.5) is 112 Å². The van der Waals surface area contributed by atoms with E-state index in [1.807, 2.05) is 206 Å². The van der Waals surface area contributed by atoms with E-state index in [9.17, 15) is 13.2 Å². The number of hydrogen-bond acceptors (Lipinski definition) is 6. The van der Waals surface area contributed by atoms with Gasteiger partial charge in [-0.1, -0.05) is 217 Å². The van der Waals surface area contributed by atoms with Gasteiger partial charge in [0.25, 0.3) is 6.71 Å². The Labute approximate surface area is 579 Å². The van der Waals surface area contributed by atoms with E-state index in [1.165, 1.54) is 12.1 Å². The minimum absolute atomic E-state index is 0.00253. The summed E-state index contributed by atoms with van der Waals surface area (Å²) in [6.45, 7) is -1.60. The van der Waals surface area contributed by atoms with Crippen molar-refractivity contribution in [3.05, 3.63) is 345 Å². The van der Waals surface area contributed by atoms with Crippen LogP contribution in [0, 0.1) is 0 Å². The summed E-state index contributed by atoms with van der Waals surface area (Å²) in [4.78, 5) is 10.9. The van der Waals surface area contributed by atoms with Gasteiger partial charge in [-0.05, 0) is 183 Å². The van der Waals surface area contributed by atoms with Crippen LogP contribution in [0.1, 0.15) is 11.1 Å². The van der Waals surface area contributed by atoms with Gasteiger partial charge in [0.05, 0.1) is 22.5 Å². The van der Waals surface area contributed by atoms with Crippen molar-refractivity contribution in [1.29, 1.82) is 0 Å². The first-order valence-corrected chi connectivity index (χ1v) is 33.9. The predicted molar refractivity (Wildman–Crippen MR) is 401 cm³/mol. The molecule has 0 aromatic heterocycles. The van der Waals surface area contributed by atoms with Gasteiger partial charge in [-0.25, -0.2) is 0 Å². The fourth-order valence-electron chi connectivity index (χ4n) is 15.4. The standard InChI is InChI=1S/C86H55B2F6N5S/c89-85(90,91)60-43-49-67(50-44-60)99-77-52-68(95(61-27-11-3-12-28-61)62-29-13-4-14-30-62)51-76-81(77)87(70-35-19-21-37-74(70)97(76)63-31-15-5-16-32-63)72-55-73-84(80(83(72)99)86(92,93)94)100-79-54-69(53-78-82(79)88(73)71-36-20-22-38-75(71)98(78)64-33-17-6-18-34-64)96(65-45-39-58(40-46-65)56-23-7-1-8-24-56)66-47-41-59(42-48-66)57-25-9-2-10-26-57/h1-55H. The van der Waals surface area contributed by atoms with E-state index in [-0.39, 0.29) is 16.3 Å². The molecule has 4 aliphatic rings. The number of halogens is 6. The average Bonchev–Trinajstić information content (AvgIpc) is 0.679. The number of rotatable bonds is 11. The molecule has 0 bridgehead atoms. The molecule has 5 nitrogen and oxygen atoms in total. The second-order valence-corrected chi connectivity index (χ2v) is 26.4. The Balaban J connectivity index is 0.933. The van der Waals surface area contributed by atoms with Crippen molar-refractivity contribution in [2.75, 3.05) is 24.5 Å². The lowest BCUT2D eigenvalue weighted by atomic mass is 9.30. The lowest BCUT2D eigenvalue weighted by Crippen LogP contribution is -2.65. The van der Waals surface area contributed by atoms with Gasteiger partial charge in [-0.2, -0.15) is 26.3 Å². The molecule has 478 valence electrons. The second kappa shape index (κ2) is 24.0. The van der Waals surface area contributed by atoms with Crippen LogP contribution in [0.2, 0.25) is 0 Å². The van der Waals surface area contributed by atoms with Crippen molar-refractivity contribution < 1.29 is 26.3 Å². The number of anilines is 15. The third-order valence-electron chi connectivity index (χ3n) is 19.6. The summed E-state index contributed by atoms with van der Waals surface area (Å²) in [6.07, 6.45) is -9.82. The second-order valence-electron chi connectivity index (χ2n) is 25.4. The molecule has 0 spiro atoms. The lowest BCUT2D eigenvalue weighted by molar-refractivity contribution is -0.139. The minimum atomic E-state index is -5.08. The monoisotopic (exact) mass is 1330 g/mol. The largest absolute Gasteiger partial charge is 0.419 e. The maximum absolute atomic E-state index is 18.2. The molecule has 14 aromatic carbocycles. The van der Waals surface area contributed by atoms with Gasteiger partial charge >= 0.3 is 12.4 Å². The molecule has 4 aliphatic heterocycles. The molecular formula is C86H55B2F6N5S. The van der Waals surface area contributed by atoms with E-state index in [1.54, 1.807) is 4.90 Å². The summed E-state index contributed by atoms with van der Waals surface area (Å²) in [5.74, 6) is 0. The van der Waals surface area contributed by atoms with Gasteiger partial charge in [0.15, 0.2) is 0 Å². The number of alkyl halides is 6. The van der Waals surface area contributed by atoms with E-state index < -0.39 is 36.9 Å². The zero-order valence-electron chi connectivity index (χ0n) is 53.3. The van der Waals surface area contributed by atoms with Crippen LogP contribution in [0.25, 0.3) is 22.3 Å². The Hall–Kier alpha value is -11.9. The number of para-hydroxylation sites is 6. The molecule has 18 rings (SSSR count). The zero-order chi connectivity index (χ0) is 67.4. The van der Waals surface area contributed by atoms with E-state index in [0.717, 1.165) is 114 Å². The molecule has 0 amide bonds. The van der Waals surface area contributed by atoms with Crippen LogP contribution in [0.5, 0.6) is 0 Å². The Bertz CT molecular complexity index is 5320. The van der Waals surface area contributed by atoms with Gasteiger partial charge in [-0.15, -0.1) is 0 Å². The number of fused-ring (bicyclic) bond motifs is 8. The molecule has 0 saturated heterocycles. The van der Waals surface area contributed by atoms with Crippen LogP contribution in [-0.2, 0) is 12.4 Å². The van der Waals surface area contributed by atoms with Crippen LogP contribution in [0.15, 0.2) is 343 Å². The number of benzene rings is 14. The summed E-state index contributed by atoms with van der Waals surface area (Å²) in [5, 5.41) is 0. The Morgan fingerprint density at radius 3 is 1.11 bits per heavy atom. The van der Waals surface area contributed by atoms with Gasteiger partial charge in [-0.3, -0.25) is 0 Å². The van der Waals surface area contributed by atoms with E-state index in [4.69, 9.17) is 0 Å². The Morgan fingerprint density at radius 1 is 0.280 bits per heavy atom. The minimum Gasteiger partial charge on any atom is -0.311 e. The van der Waals surface area contributed by atoms with Crippen LogP contribution >= 0.6 is 11.8 Å². The Morgan fingerprint density at radius 2 is 0.650 bits per heavy atom. The van der Waals surface area contributed by atoms with Crippen molar-refractivity contribution in [2.24, 2.45) is 0 Å². The van der Waals surface area contributed by atoms with Gasteiger partial charge in [0.1, 0.15) is 0 Å². The number of nitrogens with zero attached hydrogens (tertiary/aromatic N) is 5. The first-order chi connectivity index (χ1) is 48.9. The summed E-state index contributed by atoms with van der Waals surface area (Å²) in [6, 6.07) is 107. The Kier molecular flexibility index (Phi) is 14.5. The topological polar surface area (TPSA) is 16.2 Å². The van der Waals surface area contributed by atoms with Gasteiger partial charge in [0, 0.05) is 83.7 Å². The van der Waals surface area contributed by atoms with Crippen LogP contribution < -0.4 is 57.3 Å². The maximum atomic E-state index is 18.2. The van der Waals surface area contributed by atoms with Crippen molar-refractivity contribution >= 4 is 143 Å². The quantitative estimate of drug-likeness (QED) is 0.0941. The first-order valence-electron chi connectivity index (χ1n) is 33.1. The fraction of sp³-hybridized carbons (Fsp3) is 0.0233. The van der Waals surface area contributed by atoms with Crippen molar-refractivity contribution in [2.45, 2.75) is 22.1 Å². The predicted octanol–water partition coefficient (Wildman–Crippen LogP) is 20.8. The molecule has 0 unspecified atom stereocenters.